The molecule has 2 aromatic rings. The molecule has 1 aromatic heterocycles. The molecule has 0 spiro atoms. The Morgan fingerprint density at radius 1 is 1.32 bits per heavy atom. The van der Waals surface area contributed by atoms with E-state index >= 15 is 0 Å². The van der Waals surface area contributed by atoms with Crippen LogP contribution in [0.25, 0.3) is 0 Å². The van der Waals surface area contributed by atoms with E-state index in [-0.39, 0.29) is 15.4 Å². The van der Waals surface area contributed by atoms with Crippen molar-refractivity contribution in [2.75, 3.05) is 11.4 Å². The van der Waals surface area contributed by atoms with Gasteiger partial charge in [0.2, 0.25) is 0 Å². The van der Waals surface area contributed by atoms with Crippen LogP contribution in [0, 0.1) is 0 Å². The van der Waals surface area contributed by atoms with Gasteiger partial charge in [-0.05, 0) is 28.1 Å². The average molecular weight is 365 g/mol. The van der Waals surface area contributed by atoms with E-state index in [2.05, 4.69) is 15.9 Å². The molecule has 1 heterocycles. The molecule has 0 N–H and O–H groups in total. The van der Waals surface area contributed by atoms with Crippen molar-refractivity contribution in [1.82, 2.24) is 0 Å². The smallest absolute Gasteiger partial charge is 0.268 e. The summed E-state index contributed by atoms with van der Waals surface area (Å²) in [6, 6.07) is 10.2. The van der Waals surface area contributed by atoms with E-state index in [1.54, 1.807) is 24.3 Å². The van der Waals surface area contributed by atoms with Crippen molar-refractivity contribution in [3.8, 4) is 0 Å². The highest BCUT2D eigenvalue weighted by atomic mass is 79.9. The summed E-state index contributed by atoms with van der Waals surface area (Å²) in [7, 11) is -2.19. The van der Waals surface area contributed by atoms with Gasteiger partial charge in [-0.1, -0.05) is 18.2 Å². The second-order valence-corrected chi connectivity index (χ2v) is 6.72. The standard InChI is InChI=1S/C12H11BrClNO3S/c1-15(9-5-3-2-4-6-9)19(16,17)11-7-10(8-14)18-12(11)13/h2-7H,8H2,1H3. The second-order valence-electron chi connectivity index (χ2n) is 3.79. The molecule has 0 atom stereocenters. The third-order valence-corrected chi connectivity index (χ3v) is 5.50. The van der Waals surface area contributed by atoms with Gasteiger partial charge in [0.25, 0.3) is 10.0 Å². The first-order chi connectivity index (χ1) is 8.96. The lowest BCUT2D eigenvalue weighted by Gasteiger charge is -2.18. The van der Waals surface area contributed by atoms with Crippen LogP contribution in [-0.2, 0) is 15.9 Å². The van der Waals surface area contributed by atoms with Gasteiger partial charge < -0.3 is 4.42 Å². The van der Waals surface area contributed by atoms with Crippen LogP contribution in [-0.4, -0.2) is 15.5 Å². The minimum atomic E-state index is -3.68. The molecule has 0 aliphatic carbocycles. The monoisotopic (exact) mass is 363 g/mol. The van der Waals surface area contributed by atoms with Crippen LogP contribution in [0.5, 0.6) is 0 Å². The molecule has 2 rings (SSSR count). The van der Waals surface area contributed by atoms with Crippen molar-refractivity contribution in [3.05, 3.63) is 46.8 Å². The number of rotatable bonds is 4. The third kappa shape index (κ3) is 2.80. The van der Waals surface area contributed by atoms with Crippen LogP contribution in [0.3, 0.4) is 0 Å². The van der Waals surface area contributed by atoms with Crippen molar-refractivity contribution in [2.45, 2.75) is 10.8 Å². The molecule has 0 radical (unpaired) electrons. The lowest BCUT2D eigenvalue weighted by atomic mass is 10.3. The highest BCUT2D eigenvalue weighted by Crippen LogP contribution is 2.30. The number of sulfonamides is 1. The van der Waals surface area contributed by atoms with Gasteiger partial charge in [-0.15, -0.1) is 11.6 Å². The first-order valence-electron chi connectivity index (χ1n) is 5.35. The molecule has 0 saturated carbocycles. The summed E-state index contributed by atoms with van der Waals surface area (Å²) >= 11 is 8.74. The molecule has 4 nitrogen and oxygen atoms in total. The topological polar surface area (TPSA) is 50.5 Å². The minimum Gasteiger partial charge on any atom is -0.452 e. The van der Waals surface area contributed by atoms with Gasteiger partial charge >= 0.3 is 0 Å². The fourth-order valence-corrected chi connectivity index (χ4v) is 3.85. The number of furan rings is 1. The predicted octanol–water partition coefficient (Wildman–Crippen LogP) is 3.61. The summed E-state index contributed by atoms with van der Waals surface area (Å²) in [6.07, 6.45) is 0. The predicted molar refractivity (Wildman–Crippen MR) is 78.0 cm³/mol. The lowest BCUT2D eigenvalue weighted by molar-refractivity contribution is 0.498. The van der Waals surface area contributed by atoms with Crippen molar-refractivity contribution in [3.63, 3.8) is 0 Å². The number of hydrogen-bond donors (Lipinski definition) is 0. The van der Waals surface area contributed by atoms with Gasteiger partial charge in [-0.25, -0.2) is 8.42 Å². The van der Waals surface area contributed by atoms with E-state index in [0.717, 1.165) is 0 Å². The fourth-order valence-electron chi connectivity index (χ4n) is 1.56. The van der Waals surface area contributed by atoms with Crippen LogP contribution in [0.1, 0.15) is 5.76 Å². The second kappa shape index (κ2) is 5.56. The van der Waals surface area contributed by atoms with E-state index in [0.29, 0.717) is 11.4 Å². The van der Waals surface area contributed by atoms with Gasteiger partial charge in [0.1, 0.15) is 10.7 Å². The summed E-state index contributed by atoms with van der Waals surface area (Å²) in [4.78, 5) is 0.0644. The lowest BCUT2D eigenvalue weighted by Crippen LogP contribution is -2.26. The van der Waals surface area contributed by atoms with Gasteiger partial charge in [0.15, 0.2) is 4.67 Å². The van der Waals surface area contributed by atoms with Gasteiger partial charge in [0, 0.05) is 13.1 Å². The Hall–Kier alpha value is -0.980. The zero-order chi connectivity index (χ0) is 14.0. The molecule has 0 amide bonds. The van der Waals surface area contributed by atoms with E-state index in [4.69, 9.17) is 16.0 Å². The maximum Gasteiger partial charge on any atom is 0.268 e. The molecule has 7 heteroatoms. The van der Waals surface area contributed by atoms with Crippen LogP contribution in [0.2, 0.25) is 0 Å². The summed E-state index contributed by atoms with van der Waals surface area (Å²) in [5.74, 6) is 0.511. The Balaban J connectivity index is 2.45. The van der Waals surface area contributed by atoms with E-state index in [1.807, 2.05) is 6.07 Å². The van der Waals surface area contributed by atoms with Gasteiger partial charge in [0.05, 0.1) is 11.6 Å². The van der Waals surface area contributed by atoms with Crippen molar-refractivity contribution >= 4 is 43.2 Å². The van der Waals surface area contributed by atoms with Crippen molar-refractivity contribution < 1.29 is 12.8 Å². The van der Waals surface area contributed by atoms with Crippen LogP contribution >= 0.6 is 27.5 Å². The quantitative estimate of drug-likeness (QED) is 0.779. The van der Waals surface area contributed by atoms with Crippen LogP contribution in [0.4, 0.5) is 5.69 Å². The number of alkyl halides is 1. The Kier molecular flexibility index (Phi) is 4.23. The largest absolute Gasteiger partial charge is 0.452 e. The third-order valence-electron chi connectivity index (χ3n) is 2.60. The van der Waals surface area contributed by atoms with E-state index in [9.17, 15) is 8.42 Å². The molecule has 0 fully saturated rings. The zero-order valence-electron chi connectivity index (χ0n) is 10.0. The van der Waals surface area contributed by atoms with Gasteiger partial charge in [-0.2, -0.15) is 0 Å². The minimum absolute atomic E-state index is 0.0644. The molecule has 1 aromatic carbocycles. The molecule has 102 valence electrons. The average Bonchev–Trinajstić information content (AvgIpc) is 2.81. The molecular formula is C12H11BrClNO3S. The molecule has 0 unspecified atom stereocenters. The molecule has 0 aliphatic heterocycles. The number of benzene rings is 1. The molecular weight excluding hydrogens is 354 g/mol. The van der Waals surface area contributed by atoms with E-state index in [1.165, 1.54) is 17.4 Å². The number of nitrogens with zero attached hydrogens (tertiary/aromatic N) is 1. The van der Waals surface area contributed by atoms with Crippen molar-refractivity contribution in [1.29, 1.82) is 0 Å². The summed E-state index contributed by atoms with van der Waals surface area (Å²) < 4.78 is 31.5. The first-order valence-corrected chi connectivity index (χ1v) is 8.11. The maximum absolute atomic E-state index is 12.5. The molecule has 0 aliphatic rings. The van der Waals surface area contributed by atoms with Crippen LogP contribution < -0.4 is 4.31 Å². The van der Waals surface area contributed by atoms with E-state index < -0.39 is 10.0 Å². The molecule has 19 heavy (non-hydrogen) atoms. The number of anilines is 1. The SMILES string of the molecule is CN(c1ccccc1)S(=O)(=O)c1cc(CCl)oc1Br. The number of para-hydroxylation sites is 1. The molecule has 0 saturated heterocycles. The highest BCUT2D eigenvalue weighted by molar-refractivity contribution is 9.10. The molecule has 0 bridgehead atoms. The normalized spacial score (nSPS) is 11.5. The summed E-state index contributed by atoms with van der Waals surface area (Å²) in [6.45, 7) is 0. The Labute approximate surface area is 125 Å². The van der Waals surface area contributed by atoms with Crippen LogP contribution in [0.15, 0.2) is 50.4 Å². The zero-order valence-corrected chi connectivity index (χ0v) is 13.2. The fraction of sp³-hybridized carbons (Fsp3) is 0.167. The number of halogens is 2. The van der Waals surface area contributed by atoms with Gasteiger partial charge in [-0.3, -0.25) is 4.31 Å². The maximum atomic E-state index is 12.5. The van der Waals surface area contributed by atoms with Crippen molar-refractivity contribution in [2.24, 2.45) is 0 Å². The summed E-state index contributed by atoms with van der Waals surface area (Å²) in [5, 5.41) is 0. The Morgan fingerprint density at radius 2 is 1.95 bits per heavy atom. The first kappa shape index (κ1) is 14.4. The number of hydrogen-bond acceptors (Lipinski definition) is 3. The Morgan fingerprint density at radius 3 is 2.47 bits per heavy atom. The Bertz CT molecular complexity index is 670. The summed E-state index contributed by atoms with van der Waals surface area (Å²) in [5.41, 5.74) is 0.572. The highest BCUT2D eigenvalue weighted by Gasteiger charge is 2.27.